The van der Waals surface area contributed by atoms with Crippen LogP contribution in [0.15, 0.2) is 24.3 Å². The van der Waals surface area contributed by atoms with E-state index < -0.39 is 5.92 Å². The highest BCUT2D eigenvalue weighted by Crippen LogP contribution is 2.32. The van der Waals surface area contributed by atoms with E-state index in [1.54, 1.807) is 27.8 Å². The summed E-state index contributed by atoms with van der Waals surface area (Å²) in [6.07, 6.45) is 0.180. The molecule has 1 fully saturated rings. The topological polar surface area (TPSA) is 76.5 Å². The molecule has 0 aliphatic carbocycles. The summed E-state index contributed by atoms with van der Waals surface area (Å²) in [4.78, 5) is 26.4. The van der Waals surface area contributed by atoms with E-state index in [0.29, 0.717) is 29.5 Å². The summed E-state index contributed by atoms with van der Waals surface area (Å²) in [5.41, 5.74) is 2.48. The number of carbonyl (C=O) groups is 2. The Morgan fingerprint density at radius 2 is 2.19 bits per heavy atom. The van der Waals surface area contributed by atoms with Gasteiger partial charge < -0.3 is 15.0 Å². The third-order valence-electron chi connectivity index (χ3n) is 4.49. The highest BCUT2D eigenvalue weighted by molar-refractivity contribution is 6.32. The summed E-state index contributed by atoms with van der Waals surface area (Å²) >= 11 is 6.14. The molecule has 0 saturated carbocycles. The number of hydrogen-bond donors (Lipinski definition) is 1. The summed E-state index contributed by atoms with van der Waals surface area (Å²) in [6, 6.07) is 7.08. The number of nitrogens with zero attached hydrogens (tertiary/aromatic N) is 3. The van der Waals surface area contributed by atoms with Crippen molar-refractivity contribution in [2.75, 3.05) is 18.6 Å². The Bertz CT molecular complexity index is 849. The highest BCUT2D eigenvalue weighted by Gasteiger charge is 2.35. The lowest BCUT2D eigenvalue weighted by Gasteiger charge is -2.18. The van der Waals surface area contributed by atoms with Gasteiger partial charge in [0.15, 0.2) is 0 Å². The van der Waals surface area contributed by atoms with Gasteiger partial charge >= 0.3 is 0 Å². The van der Waals surface area contributed by atoms with Crippen molar-refractivity contribution in [2.24, 2.45) is 13.0 Å². The van der Waals surface area contributed by atoms with Gasteiger partial charge in [0.1, 0.15) is 5.75 Å². The number of halogens is 1. The number of aromatic nitrogens is 2. The molecule has 8 heteroatoms. The van der Waals surface area contributed by atoms with Gasteiger partial charge in [-0.3, -0.25) is 14.3 Å². The van der Waals surface area contributed by atoms with Gasteiger partial charge in [0.2, 0.25) is 11.8 Å². The van der Waals surface area contributed by atoms with Gasteiger partial charge in [-0.1, -0.05) is 11.6 Å². The second-order valence-corrected chi connectivity index (χ2v) is 6.75. The molecule has 1 aliphatic heterocycles. The zero-order valence-corrected chi connectivity index (χ0v) is 15.7. The smallest absolute Gasteiger partial charge is 0.227 e. The van der Waals surface area contributed by atoms with E-state index in [1.165, 1.54) is 7.11 Å². The van der Waals surface area contributed by atoms with Crippen molar-refractivity contribution in [1.29, 1.82) is 0 Å². The van der Waals surface area contributed by atoms with Crippen LogP contribution in [-0.2, 0) is 23.2 Å². The van der Waals surface area contributed by atoms with E-state index in [0.717, 1.165) is 11.4 Å². The molecule has 1 aromatic carbocycles. The Hall–Kier alpha value is -2.54. The maximum atomic E-state index is 12.5. The molecule has 0 unspecified atom stereocenters. The van der Waals surface area contributed by atoms with Crippen molar-refractivity contribution in [1.82, 2.24) is 15.1 Å². The molecule has 1 saturated heterocycles. The Balaban J connectivity index is 1.64. The Kier molecular flexibility index (Phi) is 5.18. The fraction of sp³-hybridized carbons (Fsp3) is 0.389. The highest BCUT2D eigenvalue weighted by atomic mass is 35.5. The second kappa shape index (κ2) is 7.37. The minimum absolute atomic E-state index is 0.0947. The SMILES string of the molecule is COc1ccc(N2C[C@@H](C(=O)NCc3cc(C)nn3C)CC2=O)cc1Cl. The van der Waals surface area contributed by atoms with Crippen LogP contribution in [-0.4, -0.2) is 35.2 Å². The minimum atomic E-state index is -0.391. The summed E-state index contributed by atoms with van der Waals surface area (Å²) in [6.45, 7) is 2.62. The van der Waals surface area contributed by atoms with E-state index >= 15 is 0 Å². The van der Waals surface area contributed by atoms with Crippen LogP contribution >= 0.6 is 11.6 Å². The van der Waals surface area contributed by atoms with E-state index in [4.69, 9.17) is 16.3 Å². The molecule has 1 atom stereocenters. The summed E-state index contributed by atoms with van der Waals surface area (Å²) in [5, 5.41) is 7.57. The van der Waals surface area contributed by atoms with Crippen LogP contribution in [0.25, 0.3) is 0 Å². The van der Waals surface area contributed by atoms with Crippen LogP contribution in [0.5, 0.6) is 5.75 Å². The number of benzene rings is 1. The maximum Gasteiger partial charge on any atom is 0.227 e. The van der Waals surface area contributed by atoms with E-state index in [-0.39, 0.29) is 18.2 Å². The van der Waals surface area contributed by atoms with Crippen LogP contribution in [0.2, 0.25) is 5.02 Å². The first-order valence-corrected chi connectivity index (χ1v) is 8.68. The number of rotatable bonds is 5. The van der Waals surface area contributed by atoms with Crippen molar-refractivity contribution in [3.05, 3.63) is 40.7 Å². The molecule has 3 rings (SSSR count). The van der Waals surface area contributed by atoms with Crippen molar-refractivity contribution in [3.63, 3.8) is 0 Å². The molecule has 26 heavy (non-hydrogen) atoms. The number of carbonyl (C=O) groups excluding carboxylic acids is 2. The van der Waals surface area contributed by atoms with Gasteiger partial charge in [-0.25, -0.2) is 0 Å². The number of ether oxygens (including phenoxy) is 1. The van der Waals surface area contributed by atoms with E-state index in [1.807, 2.05) is 20.0 Å². The Morgan fingerprint density at radius 1 is 1.42 bits per heavy atom. The third-order valence-corrected chi connectivity index (χ3v) is 4.78. The fourth-order valence-electron chi connectivity index (χ4n) is 3.11. The number of methoxy groups -OCH3 is 1. The van der Waals surface area contributed by atoms with Crippen molar-refractivity contribution in [3.8, 4) is 5.75 Å². The average Bonchev–Trinajstić information content (AvgIpc) is 3.14. The summed E-state index contributed by atoms with van der Waals surface area (Å²) in [5.74, 6) is -0.0809. The Morgan fingerprint density at radius 3 is 2.81 bits per heavy atom. The molecule has 0 radical (unpaired) electrons. The molecule has 138 valence electrons. The predicted octanol–water partition coefficient (Wildman–Crippen LogP) is 2.06. The van der Waals surface area contributed by atoms with Crippen molar-refractivity contribution in [2.45, 2.75) is 19.9 Å². The summed E-state index contributed by atoms with van der Waals surface area (Å²) in [7, 11) is 3.37. The van der Waals surface area contributed by atoms with Crippen LogP contribution in [0.3, 0.4) is 0 Å². The monoisotopic (exact) mass is 376 g/mol. The molecule has 2 heterocycles. The maximum absolute atomic E-state index is 12.5. The molecule has 2 amide bonds. The molecule has 0 spiro atoms. The number of amides is 2. The molecule has 1 aliphatic rings. The quantitative estimate of drug-likeness (QED) is 0.866. The van der Waals surface area contributed by atoms with Gasteiger partial charge in [-0.2, -0.15) is 5.10 Å². The first kappa shape index (κ1) is 18.3. The lowest BCUT2D eigenvalue weighted by atomic mass is 10.1. The number of anilines is 1. The van der Waals surface area contributed by atoms with Gasteiger partial charge in [-0.15, -0.1) is 0 Å². The first-order valence-electron chi connectivity index (χ1n) is 8.30. The zero-order chi connectivity index (χ0) is 18.8. The fourth-order valence-corrected chi connectivity index (χ4v) is 3.36. The normalized spacial score (nSPS) is 16.8. The first-order chi connectivity index (χ1) is 12.4. The predicted molar refractivity (Wildman–Crippen MR) is 98.3 cm³/mol. The number of nitrogens with one attached hydrogen (secondary N) is 1. The zero-order valence-electron chi connectivity index (χ0n) is 15.0. The van der Waals surface area contributed by atoms with Gasteiger partial charge in [0, 0.05) is 25.7 Å². The average molecular weight is 377 g/mol. The third kappa shape index (κ3) is 3.67. The van der Waals surface area contributed by atoms with Gasteiger partial charge in [0.05, 0.1) is 36.0 Å². The molecular weight excluding hydrogens is 356 g/mol. The van der Waals surface area contributed by atoms with Crippen LogP contribution in [0.1, 0.15) is 17.8 Å². The second-order valence-electron chi connectivity index (χ2n) is 6.34. The standard InChI is InChI=1S/C18H21ClN4O3/c1-11-6-14(22(2)21-11)9-20-18(25)12-7-17(24)23(10-12)13-4-5-16(26-3)15(19)8-13/h4-6,8,12H,7,9-10H2,1-3H3,(H,20,25)/t12-/m0/s1. The molecule has 2 aromatic rings. The van der Waals surface area contributed by atoms with Crippen LogP contribution in [0.4, 0.5) is 5.69 Å². The molecule has 1 N–H and O–H groups in total. The Labute approximate surface area is 156 Å². The molecule has 7 nitrogen and oxygen atoms in total. The number of aryl methyl sites for hydroxylation is 2. The molecule has 0 bridgehead atoms. The van der Waals surface area contributed by atoms with E-state index in [2.05, 4.69) is 10.4 Å². The van der Waals surface area contributed by atoms with Gasteiger partial charge in [0.25, 0.3) is 0 Å². The lowest BCUT2D eigenvalue weighted by Crippen LogP contribution is -2.33. The van der Waals surface area contributed by atoms with Crippen molar-refractivity contribution < 1.29 is 14.3 Å². The largest absolute Gasteiger partial charge is 0.495 e. The van der Waals surface area contributed by atoms with E-state index in [9.17, 15) is 9.59 Å². The van der Waals surface area contributed by atoms with Crippen LogP contribution in [0, 0.1) is 12.8 Å². The lowest BCUT2D eigenvalue weighted by molar-refractivity contribution is -0.126. The molecule has 1 aromatic heterocycles. The van der Waals surface area contributed by atoms with Crippen LogP contribution < -0.4 is 15.0 Å². The van der Waals surface area contributed by atoms with Gasteiger partial charge in [-0.05, 0) is 31.2 Å². The minimum Gasteiger partial charge on any atom is -0.495 e. The summed E-state index contributed by atoms with van der Waals surface area (Å²) < 4.78 is 6.86. The van der Waals surface area contributed by atoms with Crippen molar-refractivity contribution >= 4 is 29.1 Å². The molecular formula is C18H21ClN4O3. The number of hydrogen-bond acceptors (Lipinski definition) is 4.